The van der Waals surface area contributed by atoms with Crippen molar-refractivity contribution in [1.29, 1.82) is 0 Å². The van der Waals surface area contributed by atoms with Crippen LogP contribution in [0.15, 0.2) is 12.1 Å². The molecule has 0 fully saturated rings. The minimum Gasteiger partial charge on any atom is -0.357 e. The van der Waals surface area contributed by atoms with Gasteiger partial charge in [0.1, 0.15) is 5.88 Å². The Kier molecular flexibility index (Phi) is 7.36. The third-order valence-corrected chi connectivity index (χ3v) is 4.09. The molecule has 1 aromatic carbocycles. The molecule has 0 bridgehead atoms. The second-order valence-electron chi connectivity index (χ2n) is 4.25. The molecule has 116 valence electrons. The lowest BCUT2D eigenvalue weighted by Gasteiger charge is -2.02. The Hall–Kier alpha value is -0.900. The SMILES string of the molecule is CC.Cc1c(CCNC(=O)CCl)[nH]c2c(Cl)c(Cl)ccc12. The third kappa shape index (κ3) is 4.29. The first-order valence-corrected chi connectivity index (χ1v) is 8.11. The summed E-state index contributed by atoms with van der Waals surface area (Å²) in [5.74, 6) is -0.191. The Bertz CT molecular complexity index is 623. The van der Waals surface area contributed by atoms with E-state index in [0.29, 0.717) is 23.0 Å². The van der Waals surface area contributed by atoms with Crippen LogP contribution in [0.3, 0.4) is 0 Å². The van der Waals surface area contributed by atoms with Gasteiger partial charge in [0.05, 0.1) is 15.6 Å². The lowest BCUT2D eigenvalue weighted by molar-refractivity contribution is -0.118. The topological polar surface area (TPSA) is 44.9 Å². The summed E-state index contributed by atoms with van der Waals surface area (Å²) in [4.78, 5) is 14.3. The summed E-state index contributed by atoms with van der Waals surface area (Å²) in [5, 5.41) is 4.83. The molecule has 0 radical (unpaired) electrons. The maximum atomic E-state index is 11.1. The molecule has 1 aromatic heterocycles. The number of rotatable bonds is 4. The predicted octanol–water partition coefficient (Wildman–Crippen LogP) is 4.71. The van der Waals surface area contributed by atoms with E-state index in [1.807, 2.05) is 26.8 Å². The number of halogens is 3. The highest BCUT2D eigenvalue weighted by Gasteiger charge is 2.12. The molecule has 6 heteroatoms. The number of amides is 1. The molecule has 0 unspecified atom stereocenters. The van der Waals surface area contributed by atoms with E-state index in [4.69, 9.17) is 34.8 Å². The molecule has 0 aliphatic rings. The highest BCUT2D eigenvalue weighted by Crippen LogP contribution is 2.33. The zero-order valence-corrected chi connectivity index (χ0v) is 14.6. The van der Waals surface area contributed by atoms with Crippen molar-refractivity contribution in [1.82, 2.24) is 10.3 Å². The molecule has 0 saturated carbocycles. The highest BCUT2D eigenvalue weighted by molar-refractivity contribution is 6.45. The highest BCUT2D eigenvalue weighted by atomic mass is 35.5. The van der Waals surface area contributed by atoms with Gasteiger partial charge in [-0.1, -0.05) is 43.1 Å². The number of alkyl halides is 1. The number of aromatic nitrogens is 1. The first kappa shape index (κ1) is 18.1. The van der Waals surface area contributed by atoms with E-state index in [0.717, 1.165) is 22.2 Å². The molecule has 2 N–H and O–H groups in total. The zero-order valence-electron chi connectivity index (χ0n) is 12.3. The van der Waals surface area contributed by atoms with Crippen molar-refractivity contribution < 1.29 is 4.79 Å². The van der Waals surface area contributed by atoms with Gasteiger partial charge in [-0.25, -0.2) is 0 Å². The van der Waals surface area contributed by atoms with Crippen molar-refractivity contribution in [3.63, 3.8) is 0 Å². The molecule has 2 aromatic rings. The molecular formula is C15H19Cl3N2O. The normalized spacial score (nSPS) is 10.2. The predicted molar refractivity (Wildman–Crippen MR) is 91.8 cm³/mol. The smallest absolute Gasteiger partial charge is 0.234 e. The van der Waals surface area contributed by atoms with E-state index in [1.54, 1.807) is 6.07 Å². The van der Waals surface area contributed by atoms with E-state index in [-0.39, 0.29) is 11.8 Å². The Morgan fingerprint density at radius 3 is 2.57 bits per heavy atom. The molecule has 2 rings (SSSR count). The summed E-state index contributed by atoms with van der Waals surface area (Å²) in [6.07, 6.45) is 0.692. The first-order valence-electron chi connectivity index (χ1n) is 6.82. The number of H-pyrrole nitrogens is 1. The van der Waals surface area contributed by atoms with Gasteiger partial charge in [-0.2, -0.15) is 0 Å². The average Bonchev–Trinajstić information content (AvgIpc) is 2.82. The molecule has 1 amide bonds. The fraction of sp³-hybridized carbons (Fsp3) is 0.400. The van der Waals surface area contributed by atoms with Crippen LogP contribution < -0.4 is 5.32 Å². The molecule has 0 atom stereocenters. The van der Waals surface area contributed by atoms with E-state index < -0.39 is 0 Å². The molecule has 3 nitrogen and oxygen atoms in total. The van der Waals surface area contributed by atoms with Crippen molar-refractivity contribution in [2.45, 2.75) is 27.2 Å². The number of benzene rings is 1. The van der Waals surface area contributed by atoms with Gasteiger partial charge >= 0.3 is 0 Å². The molecule has 1 heterocycles. The largest absolute Gasteiger partial charge is 0.357 e. The first-order chi connectivity index (χ1) is 10.0. The fourth-order valence-corrected chi connectivity index (χ4v) is 2.48. The third-order valence-electron chi connectivity index (χ3n) is 3.05. The lowest BCUT2D eigenvalue weighted by Crippen LogP contribution is -2.26. The number of hydrogen-bond acceptors (Lipinski definition) is 1. The Balaban J connectivity index is 0.00000106. The molecule has 0 saturated heterocycles. The summed E-state index contributed by atoms with van der Waals surface area (Å²) in [7, 11) is 0. The number of aromatic amines is 1. The van der Waals surface area contributed by atoms with Crippen molar-refractivity contribution in [3.8, 4) is 0 Å². The van der Waals surface area contributed by atoms with Crippen LogP contribution in [0.25, 0.3) is 10.9 Å². The summed E-state index contributed by atoms with van der Waals surface area (Å²) < 4.78 is 0. The van der Waals surface area contributed by atoms with Crippen LogP contribution in [0.1, 0.15) is 25.1 Å². The minimum absolute atomic E-state index is 0.0207. The Morgan fingerprint density at radius 1 is 1.29 bits per heavy atom. The number of hydrogen-bond donors (Lipinski definition) is 2. The maximum Gasteiger partial charge on any atom is 0.234 e. The monoisotopic (exact) mass is 348 g/mol. The van der Waals surface area contributed by atoms with Gasteiger partial charge in [0, 0.05) is 24.0 Å². The van der Waals surface area contributed by atoms with E-state index in [9.17, 15) is 4.79 Å². The maximum absolute atomic E-state index is 11.1. The molecule has 21 heavy (non-hydrogen) atoms. The van der Waals surface area contributed by atoms with Gasteiger partial charge in [0.2, 0.25) is 5.91 Å². The lowest BCUT2D eigenvalue weighted by atomic mass is 10.1. The van der Waals surface area contributed by atoms with Crippen LogP contribution in [-0.4, -0.2) is 23.3 Å². The van der Waals surface area contributed by atoms with Gasteiger partial charge in [-0.05, 0) is 18.6 Å². The summed E-state index contributed by atoms with van der Waals surface area (Å²) >= 11 is 17.6. The van der Waals surface area contributed by atoms with Gasteiger partial charge < -0.3 is 10.3 Å². The van der Waals surface area contributed by atoms with Gasteiger partial charge in [0.25, 0.3) is 0 Å². The minimum atomic E-state index is -0.170. The van der Waals surface area contributed by atoms with Crippen LogP contribution in [0.4, 0.5) is 0 Å². The molecule has 0 spiro atoms. The number of fused-ring (bicyclic) bond motifs is 1. The Morgan fingerprint density at radius 2 is 1.95 bits per heavy atom. The average molecular weight is 350 g/mol. The number of aryl methyl sites for hydroxylation is 1. The summed E-state index contributed by atoms with van der Waals surface area (Å²) in [5.41, 5.74) is 2.99. The van der Waals surface area contributed by atoms with E-state index in [1.165, 1.54) is 0 Å². The van der Waals surface area contributed by atoms with Crippen LogP contribution in [0.5, 0.6) is 0 Å². The molecular weight excluding hydrogens is 331 g/mol. The molecule has 0 aliphatic carbocycles. The second-order valence-corrected chi connectivity index (χ2v) is 5.30. The molecule has 0 aliphatic heterocycles. The number of carbonyl (C=O) groups excluding carboxylic acids is 1. The summed E-state index contributed by atoms with van der Waals surface area (Å²) in [6, 6.07) is 3.72. The van der Waals surface area contributed by atoms with Crippen LogP contribution in [0.2, 0.25) is 10.0 Å². The standard InChI is InChI=1S/C13H13Cl3N2O.C2H6/c1-7-8-2-3-9(15)12(16)13(8)18-10(7)4-5-17-11(19)6-14;1-2/h2-3,18H,4-6H2,1H3,(H,17,19);1-2H3. The van der Waals surface area contributed by atoms with E-state index >= 15 is 0 Å². The van der Waals surface area contributed by atoms with Gasteiger partial charge in [-0.15, -0.1) is 11.6 Å². The van der Waals surface area contributed by atoms with Crippen molar-refractivity contribution in [2.24, 2.45) is 0 Å². The Labute approximate surface area is 140 Å². The number of nitrogens with one attached hydrogen (secondary N) is 2. The van der Waals surface area contributed by atoms with Crippen molar-refractivity contribution in [3.05, 3.63) is 33.4 Å². The van der Waals surface area contributed by atoms with Crippen molar-refractivity contribution >= 4 is 51.6 Å². The van der Waals surface area contributed by atoms with Crippen LogP contribution in [0, 0.1) is 6.92 Å². The van der Waals surface area contributed by atoms with Crippen LogP contribution >= 0.6 is 34.8 Å². The zero-order chi connectivity index (χ0) is 16.0. The summed E-state index contributed by atoms with van der Waals surface area (Å²) in [6.45, 7) is 6.55. The van der Waals surface area contributed by atoms with Gasteiger partial charge in [-0.3, -0.25) is 4.79 Å². The van der Waals surface area contributed by atoms with Gasteiger partial charge in [0.15, 0.2) is 0 Å². The van der Waals surface area contributed by atoms with Crippen LogP contribution in [-0.2, 0) is 11.2 Å². The van der Waals surface area contributed by atoms with E-state index in [2.05, 4.69) is 10.3 Å². The second kappa shape index (κ2) is 8.52. The number of carbonyl (C=O) groups is 1. The van der Waals surface area contributed by atoms with Crippen molar-refractivity contribution in [2.75, 3.05) is 12.4 Å². The fourth-order valence-electron chi connectivity index (χ4n) is 2.02. The quantitative estimate of drug-likeness (QED) is 0.772.